The summed E-state index contributed by atoms with van der Waals surface area (Å²) in [4.78, 5) is 14.9. The molecule has 0 aliphatic heterocycles. The fraction of sp³-hybridized carbons (Fsp3) is 0.455. The molecule has 1 aliphatic carbocycles. The van der Waals surface area contributed by atoms with E-state index in [1.54, 1.807) is 0 Å². The van der Waals surface area contributed by atoms with Gasteiger partial charge in [-0.05, 0) is 24.3 Å². The molecule has 0 amide bonds. The van der Waals surface area contributed by atoms with E-state index in [1.165, 1.54) is 25.1 Å². The SMILES string of the molecule is CC1(CNc2nccc(C(=O)O)c2Cl)CC1. The fourth-order valence-corrected chi connectivity index (χ4v) is 1.68. The Morgan fingerprint density at radius 2 is 2.38 bits per heavy atom. The molecule has 1 aliphatic rings. The number of carboxylic acids is 1. The second-order valence-corrected chi connectivity index (χ2v) is 4.87. The van der Waals surface area contributed by atoms with Gasteiger partial charge in [0.2, 0.25) is 0 Å². The summed E-state index contributed by atoms with van der Waals surface area (Å²) in [7, 11) is 0. The number of nitrogens with zero attached hydrogens (tertiary/aromatic N) is 1. The average Bonchev–Trinajstić information content (AvgIpc) is 2.95. The minimum Gasteiger partial charge on any atom is -0.478 e. The van der Waals surface area contributed by atoms with Gasteiger partial charge >= 0.3 is 5.97 Å². The zero-order valence-electron chi connectivity index (χ0n) is 8.96. The van der Waals surface area contributed by atoms with Crippen LogP contribution in [0.25, 0.3) is 0 Å². The first-order chi connectivity index (χ1) is 7.52. The van der Waals surface area contributed by atoms with E-state index in [-0.39, 0.29) is 10.6 Å². The van der Waals surface area contributed by atoms with Crippen molar-refractivity contribution < 1.29 is 9.90 Å². The third-order valence-corrected chi connectivity index (χ3v) is 3.29. The van der Waals surface area contributed by atoms with E-state index in [1.807, 2.05) is 0 Å². The standard InChI is InChI=1S/C11H13ClN2O2/c1-11(3-4-11)6-14-9-8(12)7(10(15)16)2-5-13-9/h2,5H,3-4,6H2,1H3,(H,13,14)(H,15,16). The molecule has 1 aromatic rings. The third kappa shape index (κ3) is 2.27. The molecule has 4 nitrogen and oxygen atoms in total. The second kappa shape index (κ2) is 3.94. The molecule has 2 N–H and O–H groups in total. The van der Waals surface area contributed by atoms with Gasteiger partial charge in [0.05, 0.1) is 10.6 Å². The molecule has 1 saturated carbocycles. The number of carbonyl (C=O) groups is 1. The van der Waals surface area contributed by atoms with Crippen molar-refractivity contribution in [2.75, 3.05) is 11.9 Å². The van der Waals surface area contributed by atoms with Crippen LogP contribution in [0.5, 0.6) is 0 Å². The quantitative estimate of drug-likeness (QED) is 0.849. The van der Waals surface area contributed by atoms with E-state index in [9.17, 15) is 4.79 Å². The van der Waals surface area contributed by atoms with Crippen LogP contribution in [0, 0.1) is 5.41 Å². The molecule has 0 atom stereocenters. The van der Waals surface area contributed by atoms with Gasteiger partial charge in [-0.25, -0.2) is 9.78 Å². The third-order valence-electron chi connectivity index (χ3n) is 2.91. The summed E-state index contributed by atoms with van der Waals surface area (Å²) in [6, 6.07) is 1.40. The summed E-state index contributed by atoms with van der Waals surface area (Å²) >= 11 is 5.95. The van der Waals surface area contributed by atoms with Crippen molar-refractivity contribution in [2.45, 2.75) is 19.8 Å². The summed E-state index contributed by atoms with van der Waals surface area (Å²) < 4.78 is 0. The minimum absolute atomic E-state index is 0.0834. The average molecular weight is 241 g/mol. The molecule has 2 rings (SSSR count). The molecular formula is C11H13ClN2O2. The number of halogens is 1. The number of aromatic carboxylic acids is 1. The summed E-state index contributed by atoms with van der Waals surface area (Å²) in [5.41, 5.74) is 0.407. The van der Waals surface area contributed by atoms with Gasteiger partial charge in [0.25, 0.3) is 0 Å². The van der Waals surface area contributed by atoms with Crippen LogP contribution in [0.15, 0.2) is 12.3 Å². The molecule has 1 aromatic heterocycles. The van der Waals surface area contributed by atoms with Gasteiger partial charge in [-0.3, -0.25) is 0 Å². The highest BCUT2D eigenvalue weighted by Gasteiger charge is 2.37. The summed E-state index contributed by atoms with van der Waals surface area (Å²) in [6.45, 7) is 2.96. The van der Waals surface area contributed by atoms with Gasteiger partial charge in [-0.15, -0.1) is 0 Å². The van der Waals surface area contributed by atoms with E-state index in [4.69, 9.17) is 16.7 Å². The van der Waals surface area contributed by atoms with Crippen LogP contribution in [0.1, 0.15) is 30.1 Å². The summed E-state index contributed by atoms with van der Waals surface area (Å²) in [5, 5.41) is 12.2. The number of nitrogens with one attached hydrogen (secondary N) is 1. The highest BCUT2D eigenvalue weighted by Crippen LogP contribution is 2.44. The fourth-order valence-electron chi connectivity index (χ4n) is 1.42. The number of anilines is 1. The first-order valence-corrected chi connectivity index (χ1v) is 5.51. The second-order valence-electron chi connectivity index (χ2n) is 4.49. The molecule has 0 radical (unpaired) electrons. The van der Waals surface area contributed by atoms with E-state index >= 15 is 0 Å². The summed E-state index contributed by atoms with van der Waals surface area (Å²) in [5.74, 6) is -0.581. The lowest BCUT2D eigenvalue weighted by molar-refractivity contribution is 0.0697. The van der Waals surface area contributed by atoms with E-state index in [0.717, 1.165) is 6.54 Å². The van der Waals surface area contributed by atoms with Crippen LogP contribution < -0.4 is 5.32 Å². The van der Waals surface area contributed by atoms with Gasteiger partial charge in [0.1, 0.15) is 5.82 Å². The molecule has 16 heavy (non-hydrogen) atoms. The van der Waals surface area contributed by atoms with Crippen molar-refractivity contribution in [3.05, 3.63) is 22.8 Å². The maximum absolute atomic E-state index is 10.8. The van der Waals surface area contributed by atoms with Crippen molar-refractivity contribution in [2.24, 2.45) is 5.41 Å². The van der Waals surface area contributed by atoms with Gasteiger partial charge in [-0.1, -0.05) is 18.5 Å². The van der Waals surface area contributed by atoms with Crippen LogP contribution in [0.2, 0.25) is 5.02 Å². The lowest BCUT2D eigenvalue weighted by Crippen LogP contribution is -2.13. The number of carboxylic acid groups (broad SMARTS) is 1. The molecule has 0 unspecified atom stereocenters. The number of hydrogen-bond acceptors (Lipinski definition) is 3. The van der Waals surface area contributed by atoms with Crippen molar-refractivity contribution in [3.8, 4) is 0 Å². The molecule has 0 aromatic carbocycles. The van der Waals surface area contributed by atoms with Crippen molar-refractivity contribution in [1.29, 1.82) is 0 Å². The number of rotatable bonds is 4. The van der Waals surface area contributed by atoms with Crippen LogP contribution in [-0.4, -0.2) is 22.6 Å². The molecular weight excluding hydrogens is 228 g/mol. The molecule has 0 spiro atoms. The lowest BCUT2D eigenvalue weighted by atomic mass is 10.1. The smallest absolute Gasteiger partial charge is 0.337 e. The van der Waals surface area contributed by atoms with Crippen molar-refractivity contribution >= 4 is 23.4 Å². The van der Waals surface area contributed by atoms with E-state index < -0.39 is 5.97 Å². The van der Waals surface area contributed by atoms with Crippen LogP contribution >= 0.6 is 11.6 Å². The molecule has 1 fully saturated rings. The van der Waals surface area contributed by atoms with Crippen LogP contribution in [-0.2, 0) is 0 Å². The predicted molar refractivity (Wildman–Crippen MR) is 62.0 cm³/mol. The van der Waals surface area contributed by atoms with Crippen LogP contribution in [0.3, 0.4) is 0 Å². The Morgan fingerprint density at radius 3 is 2.94 bits per heavy atom. The van der Waals surface area contributed by atoms with Crippen molar-refractivity contribution in [3.63, 3.8) is 0 Å². The number of pyridine rings is 1. The molecule has 1 heterocycles. The van der Waals surface area contributed by atoms with Crippen LogP contribution in [0.4, 0.5) is 5.82 Å². The topological polar surface area (TPSA) is 62.2 Å². The van der Waals surface area contributed by atoms with Gasteiger partial charge < -0.3 is 10.4 Å². The van der Waals surface area contributed by atoms with Gasteiger partial charge in [0.15, 0.2) is 0 Å². The highest BCUT2D eigenvalue weighted by molar-refractivity contribution is 6.35. The predicted octanol–water partition coefficient (Wildman–Crippen LogP) is 2.65. The maximum atomic E-state index is 10.8. The molecule has 0 saturated heterocycles. The maximum Gasteiger partial charge on any atom is 0.337 e. The largest absolute Gasteiger partial charge is 0.478 e. The van der Waals surface area contributed by atoms with Crippen molar-refractivity contribution in [1.82, 2.24) is 4.98 Å². The zero-order chi connectivity index (χ0) is 11.8. The van der Waals surface area contributed by atoms with Gasteiger partial charge in [-0.2, -0.15) is 0 Å². The summed E-state index contributed by atoms with van der Waals surface area (Å²) in [6.07, 6.45) is 3.83. The lowest BCUT2D eigenvalue weighted by Gasteiger charge is -2.12. The normalized spacial score (nSPS) is 16.9. The first kappa shape index (κ1) is 11.2. The number of hydrogen-bond donors (Lipinski definition) is 2. The molecule has 86 valence electrons. The van der Waals surface area contributed by atoms with Gasteiger partial charge in [0, 0.05) is 12.7 Å². The zero-order valence-corrected chi connectivity index (χ0v) is 9.71. The Morgan fingerprint density at radius 1 is 1.69 bits per heavy atom. The highest BCUT2D eigenvalue weighted by atomic mass is 35.5. The minimum atomic E-state index is -1.03. The Labute approximate surface area is 98.6 Å². The Kier molecular flexibility index (Phi) is 2.76. The Hall–Kier alpha value is -1.29. The molecule has 0 bridgehead atoms. The first-order valence-electron chi connectivity index (χ1n) is 5.13. The number of aromatic nitrogens is 1. The Balaban J connectivity index is 2.14. The monoisotopic (exact) mass is 240 g/mol. The molecule has 5 heteroatoms. The Bertz CT molecular complexity index is 430. The van der Waals surface area contributed by atoms with E-state index in [2.05, 4.69) is 17.2 Å². The van der Waals surface area contributed by atoms with E-state index in [0.29, 0.717) is 11.2 Å².